The van der Waals surface area contributed by atoms with E-state index in [1.54, 1.807) is 12.2 Å². The number of fused-ring (bicyclic) bond motifs is 6. The number of benzene rings is 5. The molecule has 0 bridgehead atoms. The SMILES string of the molecule is CC1(C)c2ccccc2-c2cc3c(cc21)Oc1cccc(C(=N)/C=C\C(=N)c2cccc4ccccc24)c1O3. The molecule has 188 valence electrons. The molecule has 0 spiro atoms. The van der Waals surface area contributed by atoms with Crippen molar-refractivity contribution in [2.45, 2.75) is 19.3 Å². The molecule has 4 nitrogen and oxygen atoms in total. The number of ether oxygens (including phenoxy) is 2. The Morgan fingerprint density at radius 3 is 2.15 bits per heavy atom. The number of rotatable bonds is 4. The molecule has 4 heteroatoms. The summed E-state index contributed by atoms with van der Waals surface area (Å²) >= 11 is 0. The highest BCUT2D eigenvalue weighted by molar-refractivity contribution is 6.18. The lowest BCUT2D eigenvalue weighted by Gasteiger charge is -2.26. The van der Waals surface area contributed by atoms with E-state index in [9.17, 15) is 0 Å². The van der Waals surface area contributed by atoms with Gasteiger partial charge in [0.2, 0.25) is 0 Å². The fraction of sp³-hybridized carbons (Fsp3) is 0.0857. The third-order valence-electron chi connectivity index (χ3n) is 7.85. The van der Waals surface area contributed by atoms with Crippen molar-refractivity contribution in [3.05, 3.63) is 131 Å². The highest BCUT2D eigenvalue weighted by Gasteiger charge is 2.37. The molecule has 2 N–H and O–H groups in total. The molecule has 5 aromatic carbocycles. The zero-order valence-corrected chi connectivity index (χ0v) is 21.7. The van der Waals surface area contributed by atoms with Gasteiger partial charge in [-0.3, -0.25) is 0 Å². The van der Waals surface area contributed by atoms with Gasteiger partial charge >= 0.3 is 0 Å². The summed E-state index contributed by atoms with van der Waals surface area (Å²) in [6.07, 6.45) is 3.33. The lowest BCUT2D eigenvalue weighted by molar-refractivity contribution is 0.358. The maximum Gasteiger partial charge on any atom is 0.179 e. The molecule has 0 radical (unpaired) electrons. The second kappa shape index (κ2) is 8.53. The minimum atomic E-state index is -0.131. The van der Waals surface area contributed by atoms with Gasteiger partial charge in [0.25, 0.3) is 0 Å². The molecule has 5 aromatic rings. The molecule has 0 saturated carbocycles. The molecular weight excluding hydrogens is 480 g/mol. The molecule has 0 unspecified atom stereocenters. The van der Waals surface area contributed by atoms with E-state index in [0.717, 1.165) is 21.9 Å². The molecule has 1 aliphatic heterocycles. The first-order valence-electron chi connectivity index (χ1n) is 13.0. The average molecular weight is 507 g/mol. The maximum atomic E-state index is 8.82. The molecular formula is C35H26N2O2. The van der Waals surface area contributed by atoms with E-state index in [2.05, 4.69) is 50.2 Å². The average Bonchev–Trinajstić information content (AvgIpc) is 3.18. The number of hydrogen-bond donors (Lipinski definition) is 2. The molecule has 0 amide bonds. The largest absolute Gasteiger partial charge is 0.449 e. The van der Waals surface area contributed by atoms with Crippen LogP contribution < -0.4 is 9.47 Å². The summed E-state index contributed by atoms with van der Waals surface area (Å²) in [5.74, 6) is 2.41. The van der Waals surface area contributed by atoms with Crippen LogP contribution in [-0.4, -0.2) is 11.4 Å². The summed E-state index contributed by atoms with van der Waals surface area (Å²) in [6, 6.07) is 32.2. The minimum Gasteiger partial charge on any atom is -0.449 e. The highest BCUT2D eigenvalue weighted by Crippen LogP contribution is 2.55. The molecule has 0 fully saturated rings. The molecule has 0 aromatic heterocycles. The van der Waals surface area contributed by atoms with Crippen LogP contribution in [0.3, 0.4) is 0 Å². The van der Waals surface area contributed by atoms with Crippen molar-refractivity contribution in [1.82, 2.24) is 0 Å². The maximum absolute atomic E-state index is 8.82. The van der Waals surface area contributed by atoms with Crippen molar-refractivity contribution in [3.63, 3.8) is 0 Å². The molecule has 0 atom stereocenters. The van der Waals surface area contributed by atoms with Crippen molar-refractivity contribution < 1.29 is 9.47 Å². The molecule has 39 heavy (non-hydrogen) atoms. The Labute approximate surface area is 227 Å². The standard InChI is InChI=1S/C35H26N2O2/c1-35(2)27-15-6-5-12-23(27)26-19-32-33(20-28(26)35)38-31-16-8-14-25(34(31)39-32)30(37)18-17-29(36)24-13-7-10-21-9-3-4-11-22(21)24/h3-20,36-37H,1-2H3/b18-17-,36-29?,37-30?. The van der Waals surface area contributed by atoms with Crippen LogP contribution >= 0.6 is 0 Å². The molecule has 0 saturated heterocycles. The topological polar surface area (TPSA) is 66.2 Å². The Morgan fingerprint density at radius 1 is 0.615 bits per heavy atom. The third kappa shape index (κ3) is 3.60. The van der Waals surface area contributed by atoms with Crippen LogP contribution in [0.1, 0.15) is 36.1 Å². The molecule has 1 aliphatic carbocycles. The van der Waals surface area contributed by atoms with E-state index in [1.807, 2.05) is 60.7 Å². The van der Waals surface area contributed by atoms with Crippen LogP contribution in [-0.2, 0) is 5.41 Å². The summed E-state index contributed by atoms with van der Waals surface area (Å²) in [7, 11) is 0. The van der Waals surface area contributed by atoms with E-state index >= 15 is 0 Å². The van der Waals surface area contributed by atoms with Gasteiger partial charge in [0.05, 0.1) is 11.4 Å². The Hall–Kier alpha value is -4.96. The van der Waals surface area contributed by atoms with Crippen LogP contribution in [0.5, 0.6) is 23.0 Å². The number of allylic oxidation sites excluding steroid dienone is 2. The summed E-state index contributed by atoms with van der Waals surface area (Å²) in [4.78, 5) is 0. The van der Waals surface area contributed by atoms with Crippen molar-refractivity contribution in [1.29, 1.82) is 10.8 Å². The first-order chi connectivity index (χ1) is 18.9. The molecule has 7 rings (SSSR count). The van der Waals surface area contributed by atoms with E-state index in [0.29, 0.717) is 34.3 Å². The number of para-hydroxylation sites is 1. The van der Waals surface area contributed by atoms with Crippen LogP contribution in [0.15, 0.2) is 109 Å². The van der Waals surface area contributed by atoms with E-state index in [4.69, 9.17) is 20.3 Å². The van der Waals surface area contributed by atoms with Crippen LogP contribution in [0, 0.1) is 10.8 Å². The Bertz CT molecular complexity index is 1870. The van der Waals surface area contributed by atoms with Crippen molar-refractivity contribution >= 4 is 22.2 Å². The van der Waals surface area contributed by atoms with Crippen LogP contribution in [0.4, 0.5) is 0 Å². The van der Waals surface area contributed by atoms with Gasteiger partial charge in [-0.2, -0.15) is 0 Å². The zero-order valence-electron chi connectivity index (χ0n) is 21.7. The van der Waals surface area contributed by atoms with Gasteiger partial charge in [0.1, 0.15) is 0 Å². The third-order valence-corrected chi connectivity index (χ3v) is 7.85. The monoisotopic (exact) mass is 506 g/mol. The predicted molar refractivity (Wildman–Crippen MR) is 157 cm³/mol. The quantitative estimate of drug-likeness (QED) is 0.234. The van der Waals surface area contributed by atoms with E-state index in [-0.39, 0.29) is 11.1 Å². The minimum absolute atomic E-state index is 0.131. The van der Waals surface area contributed by atoms with Gasteiger partial charge in [0, 0.05) is 16.5 Å². The Morgan fingerprint density at radius 2 is 1.28 bits per heavy atom. The van der Waals surface area contributed by atoms with Crippen LogP contribution in [0.2, 0.25) is 0 Å². The molecule has 1 heterocycles. The van der Waals surface area contributed by atoms with Crippen LogP contribution in [0.25, 0.3) is 21.9 Å². The predicted octanol–water partition coefficient (Wildman–Crippen LogP) is 9.04. The summed E-state index contributed by atoms with van der Waals surface area (Å²) in [5.41, 5.74) is 6.78. The summed E-state index contributed by atoms with van der Waals surface area (Å²) in [6.45, 7) is 4.48. The van der Waals surface area contributed by atoms with E-state index < -0.39 is 0 Å². The van der Waals surface area contributed by atoms with Crippen molar-refractivity contribution in [2.24, 2.45) is 0 Å². The second-order valence-electron chi connectivity index (χ2n) is 10.5. The normalized spacial score (nSPS) is 14.1. The zero-order chi connectivity index (χ0) is 26.7. The lowest BCUT2D eigenvalue weighted by atomic mass is 9.82. The summed E-state index contributed by atoms with van der Waals surface area (Å²) < 4.78 is 12.8. The van der Waals surface area contributed by atoms with Gasteiger partial charge in [-0.05, 0) is 69.4 Å². The fourth-order valence-corrected chi connectivity index (χ4v) is 5.82. The highest BCUT2D eigenvalue weighted by atomic mass is 16.6. The number of hydrogen-bond acceptors (Lipinski definition) is 4. The van der Waals surface area contributed by atoms with E-state index in [1.165, 1.54) is 16.7 Å². The molecule has 2 aliphatic rings. The first-order valence-corrected chi connectivity index (χ1v) is 13.0. The fourth-order valence-electron chi connectivity index (χ4n) is 5.82. The summed E-state index contributed by atoms with van der Waals surface area (Å²) in [5, 5.41) is 19.6. The number of nitrogens with one attached hydrogen (secondary N) is 2. The Balaban J connectivity index is 1.21. The van der Waals surface area contributed by atoms with Gasteiger partial charge in [-0.15, -0.1) is 0 Å². The lowest BCUT2D eigenvalue weighted by Crippen LogP contribution is -2.15. The van der Waals surface area contributed by atoms with Crippen molar-refractivity contribution in [3.8, 4) is 34.1 Å². The first kappa shape index (κ1) is 23.2. The second-order valence-corrected chi connectivity index (χ2v) is 10.5. The van der Waals surface area contributed by atoms with Crippen molar-refractivity contribution in [2.75, 3.05) is 0 Å². The van der Waals surface area contributed by atoms with Gasteiger partial charge in [-0.25, -0.2) is 0 Å². The van der Waals surface area contributed by atoms with Gasteiger partial charge < -0.3 is 20.3 Å². The Kier molecular flexibility index (Phi) is 5.07. The van der Waals surface area contributed by atoms with Gasteiger partial charge in [0.15, 0.2) is 23.0 Å². The van der Waals surface area contributed by atoms with Gasteiger partial charge in [-0.1, -0.05) is 86.6 Å². The smallest absolute Gasteiger partial charge is 0.179 e.